The monoisotopic (exact) mass is 420 g/mol. The van der Waals surface area contributed by atoms with Gasteiger partial charge < -0.3 is 19.7 Å². The molecule has 2 N–H and O–H groups in total. The molecular weight excluding hydrogens is 388 g/mol. The molecule has 0 saturated heterocycles. The topological polar surface area (TPSA) is 63.5 Å². The Labute approximate surface area is 184 Å². The second-order valence-corrected chi connectivity index (χ2v) is 8.07. The number of nitrogens with one attached hydrogen (secondary N) is 1. The van der Waals surface area contributed by atoms with Gasteiger partial charge in [0.2, 0.25) is 0 Å². The van der Waals surface area contributed by atoms with Gasteiger partial charge in [-0.2, -0.15) is 0 Å². The second-order valence-electron chi connectivity index (χ2n) is 8.07. The summed E-state index contributed by atoms with van der Waals surface area (Å²) >= 11 is 0. The standard InChI is InChI=1S/C26H32N2O3/c1-18(13-14-21-9-6-5-7-10-21)27-16-24-19(2)28(20(3)25(24)26(29)30)17-22-11-8-12-23(15-22)31-4/h5-12,15,18,27H,13-14,16-17H2,1-4H3,(H,29,30)/t18-/m0/s1. The molecule has 0 spiro atoms. The zero-order valence-electron chi connectivity index (χ0n) is 18.8. The van der Waals surface area contributed by atoms with Crippen LogP contribution in [-0.4, -0.2) is 28.8 Å². The van der Waals surface area contributed by atoms with Crippen molar-refractivity contribution >= 4 is 5.97 Å². The van der Waals surface area contributed by atoms with Gasteiger partial charge in [0.25, 0.3) is 0 Å². The Hall–Kier alpha value is -3.05. The van der Waals surface area contributed by atoms with Crippen LogP contribution >= 0.6 is 0 Å². The molecule has 3 rings (SSSR count). The Morgan fingerprint density at radius 2 is 1.77 bits per heavy atom. The Bertz CT molecular complexity index is 1020. The minimum absolute atomic E-state index is 0.281. The number of carboxylic acid groups (broad SMARTS) is 1. The first-order valence-corrected chi connectivity index (χ1v) is 10.7. The molecule has 0 unspecified atom stereocenters. The van der Waals surface area contributed by atoms with Crippen molar-refractivity contribution in [3.8, 4) is 5.75 Å². The normalized spacial score (nSPS) is 12.0. The lowest BCUT2D eigenvalue weighted by Gasteiger charge is -2.15. The summed E-state index contributed by atoms with van der Waals surface area (Å²) in [7, 11) is 1.65. The second kappa shape index (κ2) is 10.3. The SMILES string of the molecule is COc1cccc(Cn2c(C)c(CN[C@@H](C)CCc3ccccc3)c(C(=O)O)c2C)c1. The number of hydrogen-bond acceptors (Lipinski definition) is 3. The van der Waals surface area contributed by atoms with E-state index in [1.807, 2.05) is 44.2 Å². The Balaban J connectivity index is 1.74. The zero-order chi connectivity index (χ0) is 22.4. The van der Waals surface area contributed by atoms with Crippen molar-refractivity contribution in [2.45, 2.75) is 52.7 Å². The zero-order valence-corrected chi connectivity index (χ0v) is 18.8. The fourth-order valence-electron chi connectivity index (χ4n) is 4.05. The molecule has 0 aliphatic heterocycles. The van der Waals surface area contributed by atoms with Crippen molar-refractivity contribution in [1.29, 1.82) is 0 Å². The Morgan fingerprint density at radius 3 is 2.45 bits per heavy atom. The largest absolute Gasteiger partial charge is 0.497 e. The number of carboxylic acids is 1. The maximum Gasteiger partial charge on any atom is 0.337 e. The van der Waals surface area contributed by atoms with Gasteiger partial charge in [-0.05, 0) is 56.9 Å². The predicted octanol–water partition coefficient (Wildman–Crippen LogP) is 4.97. The van der Waals surface area contributed by atoms with Gasteiger partial charge in [-0.1, -0.05) is 42.5 Å². The number of aryl methyl sites for hydroxylation is 1. The van der Waals surface area contributed by atoms with E-state index < -0.39 is 5.97 Å². The third kappa shape index (κ3) is 5.56. The smallest absolute Gasteiger partial charge is 0.337 e. The van der Waals surface area contributed by atoms with Crippen molar-refractivity contribution < 1.29 is 14.6 Å². The van der Waals surface area contributed by atoms with Crippen LogP contribution in [0.15, 0.2) is 54.6 Å². The Kier molecular flexibility index (Phi) is 7.53. The number of benzene rings is 2. The molecule has 0 bridgehead atoms. The minimum Gasteiger partial charge on any atom is -0.497 e. The molecule has 0 fully saturated rings. The molecule has 1 aromatic heterocycles. The molecule has 0 amide bonds. The van der Waals surface area contributed by atoms with E-state index in [4.69, 9.17) is 4.74 Å². The van der Waals surface area contributed by atoms with E-state index in [1.165, 1.54) is 5.56 Å². The maximum atomic E-state index is 12.1. The van der Waals surface area contributed by atoms with Gasteiger partial charge in [0.1, 0.15) is 5.75 Å². The molecule has 164 valence electrons. The van der Waals surface area contributed by atoms with Gasteiger partial charge in [0, 0.05) is 36.1 Å². The average molecular weight is 421 g/mol. The number of methoxy groups -OCH3 is 1. The van der Waals surface area contributed by atoms with Gasteiger partial charge in [-0.25, -0.2) is 4.79 Å². The third-order valence-electron chi connectivity index (χ3n) is 5.93. The molecule has 2 aromatic carbocycles. The number of ether oxygens (including phenoxy) is 1. The van der Waals surface area contributed by atoms with E-state index in [-0.39, 0.29) is 6.04 Å². The summed E-state index contributed by atoms with van der Waals surface area (Å²) in [5.74, 6) is -0.0775. The van der Waals surface area contributed by atoms with Crippen LogP contribution in [0.1, 0.15) is 51.8 Å². The number of nitrogens with zero attached hydrogens (tertiary/aromatic N) is 1. The van der Waals surface area contributed by atoms with Crippen molar-refractivity contribution in [2.24, 2.45) is 0 Å². The highest BCUT2D eigenvalue weighted by Gasteiger charge is 2.23. The van der Waals surface area contributed by atoms with Crippen LogP contribution in [0.25, 0.3) is 0 Å². The molecule has 1 heterocycles. The van der Waals surface area contributed by atoms with Crippen molar-refractivity contribution in [2.75, 3.05) is 7.11 Å². The van der Waals surface area contributed by atoms with Gasteiger partial charge in [0.05, 0.1) is 12.7 Å². The molecule has 5 nitrogen and oxygen atoms in total. The van der Waals surface area contributed by atoms with Crippen molar-refractivity contribution in [1.82, 2.24) is 9.88 Å². The highest BCUT2D eigenvalue weighted by atomic mass is 16.5. The molecule has 0 aliphatic rings. The average Bonchev–Trinajstić information content (AvgIpc) is 3.01. The summed E-state index contributed by atoms with van der Waals surface area (Å²) in [5, 5.41) is 13.4. The van der Waals surface area contributed by atoms with Crippen LogP contribution in [0.5, 0.6) is 5.75 Å². The summed E-state index contributed by atoms with van der Waals surface area (Å²) in [6, 6.07) is 18.6. The molecular formula is C26H32N2O3. The van der Waals surface area contributed by atoms with E-state index in [9.17, 15) is 9.90 Å². The lowest BCUT2D eigenvalue weighted by atomic mass is 10.1. The first-order valence-electron chi connectivity index (χ1n) is 10.7. The highest BCUT2D eigenvalue weighted by molar-refractivity contribution is 5.91. The van der Waals surface area contributed by atoms with Crippen LogP contribution in [0.3, 0.4) is 0 Å². The van der Waals surface area contributed by atoms with Crippen molar-refractivity contribution in [3.05, 3.63) is 88.2 Å². The van der Waals surface area contributed by atoms with E-state index in [0.29, 0.717) is 18.7 Å². The lowest BCUT2D eigenvalue weighted by molar-refractivity contribution is 0.0694. The molecule has 0 saturated carbocycles. The quantitative estimate of drug-likeness (QED) is 0.486. The molecule has 1 atom stereocenters. The summed E-state index contributed by atoms with van der Waals surface area (Å²) in [4.78, 5) is 12.1. The van der Waals surface area contributed by atoms with Crippen LogP contribution in [-0.2, 0) is 19.5 Å². The lowest BCUT2D eigenvalue weighted by Crippen LogP contribution is -2.27. The van der Waals surface area contributed by atoms with E-state index in [2.05, 4.69) is 41.1 Å². The van der Waals surface area contributed by atoms with Gasteiger partial charge in [-0.3, -0.25) is 0 Å². The molecule has 3 aromatic rings. The van der Waals surface area contributed by atoms with Crippen LogP contribution < -0.4 is 10.1 Å². The van der Waals surface area contributed by atoms with E-state index >= 15 is 0 Å². The number of carbonyl (C=O) groups is 1. The molecule has 5 heteroatoms. The summed E-state index contributed by atoms with van der Waals surface area (Å²) in [6.45, 7) is 7.19. The minimum atomic E-state index is -0.876. The molecule has 0 radical (unpaired) electrons. The van der Waals surface area contributed by atoms with Crippen LogP contribution in [0, 0.1) is 13.8 Å². The summed E-state index contributed by atoms with van der Waals surface area (Å²) in [5.41, 5.74) is 5.43. The van der Waals surface area contributed by atoms with Gasteiger partial charge in [-0.15, -0.1) is 0 Å². The third-order valence-corrected chi connectivity index (χ3v) is 5.93. The fraction of sp³-hybridized carbons (Fsp3) is 0.346. The number of aromatic nitrogens is 1. The van der Waals surface area contributed by atoms with Gasteiger partial charge >= 0.3 is 5.97 Å². The fourth-order valence-corrected chi connectivity index (χ4v) is 4.05. The van der Waals surface area contributed by atoms with E-state index in [0.717, 1.165) is 41.1 Å². The summed E-state index contributed by atoms with van der Waals surface area (Å²) < 4.78 is 7.41. The Morgan fingerprint density at radius 1 is 1.06 bits per heavy atom. The number of hydrogen-bond donors (Lipinski definition) is 2. The summed E-state index contributed by atoms with van der Waals surface area (Å²) in [6.07, 6.45) is 1.99. The maximum absolute atomic E-state index is 12.1. The predicted molar refractivity (Wildman–Crippen MR) is 124 cm³/mol. The van der Waals surface area contributed by atoms with Crippen LogP contribution in [0.2, 0.25) is 0 Å². The first kappa shape index (κ1) is 22.6. The molecule has 31 heavy (non-hydrogen) atoms. The number of aromatic carboxylic acids is 1. The van der Waals surface area contributed by atoms with Crippen molar-refractivity contribution in [3.63, 3.8) is 0 Å². The highest BCUT2D eigenvalue weighted by Crippen LogP contribution is 2.25. The number of rotatable bonds is 10. The first-order chi connectivity index (χ1) is 14.9. The van der Waals surface area contributed by atoms with Crippen LogP contribution in [0.4, 0.5) is 0 Å². The van der Waals surface area contributed by atoms with Gasteiger partial charge in [0.15, 0.2) is 0 Å². The molecule has 0 aliphatic carbocycles. The van der Waals surface area contributed by atoms with E-state index in [1.54, 1.807) is 7.11 Å².